The van der Waals surface area contributed by atoms with E-state index in [1.165, 1.54) is 5.70 Å². The van der Waals surface area contributed by atoms with Gasteiger partial charge < -0.3 is 10.6 Å². The second-order valence-corrected chi connectivity index (χ2v) is 2.64. The first kappa shape index (κ1) is 6.46. The second kappa shape index (κ2) is 2.76. The van der Waals surface area contributed by atoms with Crippen LogP contribution in [0.3, 0.4) is 0 Å². The molecule has 2 N–H and O–H groups in total. The maximum atomic E-state index is 3.32. The van der Waals surface area contributed by atoms with E-state index in [9.17, 15) is 0 Å². The minimum atomic E-state index is 0.623. The number of hydrogen-bond acceptors (Lipinski definition) is 2. The predicted octanol–water partition coefficient (Wildman–Crippen LogP) is 0.677. The van der Waals surface area contributed by atoms with Gasteiger partial charge in [0, 0.05) is 25.0 Å². The Morgan fingerprint density at radius 2 is 2.22 bits per heavy atom. The topological polar surface area (TPSA) is 24.1 Å². The van der Waals surface area contributed by atoms with Gasteiger partial charge in [0.1, 0.15) is 0 Å². The Labute approximate surface area is 56.3 Å². The van der Waals surface area contributed by atoms with E-state index < -0.39 is 0 Å². The summed E-state index contributed by atoms with van der Waals surface area (Å²) >= 11 is 0. The molecular weight excluding hydrogens is 112 g/mol. The third kappa shape index (κ3) is 1.63. The quantitative estimate of drug-likeness (QED) is 0.540. The Hall–Kier alpha value is -0.660. The zero-order valence-corrected chi connectivity index (χ0v) is 6.07. The van der Waals surface area contributed by atoms with Crippen LogP contribution in [0.25, 0.3) is 0 Å². The highest BCUT2D eigenvalue weighted by atomic mass is 15.0. The molecule has 52 valence electrons. The van der Waals surface area contributed by atoms with Gasteiger partial charge in [-0.2, -0.15) is 0 Å². The van der Waals surface area contributed by atoms with Crippen LogP contribution in [0.2, 0.25) is 0 Å². The van der Waals surface area contributed by atoms with Crippen LogP contribution in [0.5, 0.6) is 0 Å². The van der Waals surface area contributed by atoms with Crippen LogP contribution in [0.4, 0.5) is 0 Å². The first-order valence-corrected chi connectivity index (χ1v) is 3.48. The molecule has 0 bridgehead atoms. The van der Waals surface area contributed by atoms with Crippen molar-refractivity contribution in [1.82, 2.24) is 10.6 Å². The molecule has 1 aliphatic heterocycles. The van der Waals surface area contributed by atoms with Crippen molar-refractivity contribution in [2.24, 2.45) is 5.92 Å². The summed E-state index contributed by atoms with van der Waals surface area (Å²) < 4.78 is 0. The minimum Gasteiger partial charge on any atom is -0.388 e. The fourth-order valence-electron chi connectivity index (χ4n) is 0.883. The molecule has 0 aromatic heterocycles. The van der Waals surface area contributed by atoms with Gasteiger partial charge in [-0.1, -0.05) is 13.8 Å². The van der Waals surface area contributed by atoms with E-state index in [-0.39, 0.29) is 0 Å². The first-order valence-electron chi connectivity index (χ1n) is 3.48. The van der Waals surface area contributed by atoms with Crippen molar-refractivity contribution in [2.45, 2.75) is 13.8 Å². The van der Waals surface area contributed by atoms with Gasteiger partial charge in [0.25, 0.3) is 0 Å². The molecule has 0 saturated heterocycles. The summed E-state index contributed by atoms with van der Waals surface area (Å²) in [4.78, 5) is 0. The molecule has 0 unspecified atom stereocenters. The van der Waals surface area contributed by atoms with Crippen molar-refractivity contribution < 1.29 is 0 Å². The van der Waals surface area contributed by atoms with Gasteiger partial charge in [0.2, 0.25) is 0 Å². The summed E-state index contributed by atoms with van der Waals surface area (Å²) in [5, 5.41) is 6.51. The number of hydrogen-bond donors (Lipinski definition) is 2. The van der Waals surface area contributed by atoms with Crippen LogP contribution in [-0.4, -0.2) is 13.1 Å². The van der Waals surface area contributed by atoms with Crippen LogP contribution in [-0.2, 0) is 0 Å². The standard InChI is InChI=1S/C7H14N2/c1-6(2)7-5-8-3-4-9-7/h5-6,8-9H,3-4H2,1-2H3. The lowest BCUT2D eigenvalue weighted by molar-refractivity contribution is 0.595. The summed E-state index contributed by atoms with van der Waals surface area (Å²) in [7, 11) is 0. The lowest BCUT2D eigenvalue weighted by Gasteiger charge is -2.19. The average molecular weight is 126 g/mol. The fourth-order valence-corrected chi connectivity index (χ4v) is 0.883. The molecule has 0 aliphatic carbocycles. The van der Waals surface area contributed by atoms with Gasteiger partial charge in [-0.15, -0.1) is 0 Å². The Morgan fingerprint density at radius 1 is 1.44 bits per heavy atom. The highest BCUT2D eigenvalue weighted by Gasteiger charge is 2.03. The van der Waals surface area contributed by atoms with Gasteiger partial charge >= 0.3 is 0 Å². The summed E-state index contributed by atoms with van der Waals surface area (Å²) in [5.41, 5.74) is 1.32. The van der Waals surface area contributed by atoms with E-state index in [4.69, 9.17) is 0 Å². The third-order valence-electron chi connectivity index (χ3n) is 1.48. The van der Waals surface area contributed by atoms with Crippen molar-refractivity contribution in [3.63, 3.8) is 0 Å². The minimum absolute atomic E-state index is 0.623. The van der Waals surface area contributed by atoms with E-state index in [2.05, 4.69) is 30.7 Å². The molecule has 0 atom stereocenters. The van der Waals surface area contributed by atoms with Gasteiger partial charge in [-0.3, -0.25) is 0 Å². The number of allylic oxidation sites excluding steroid dienone is 1. The zero-order chi connectivity index (χ0) is 6.69. The van der Waals surface area contributed by atoms with Gasteiger partial charge in [-0.25, -0.2) is 0 Å². The molecule has 1 aliphatic rings. The molecule has 0 aromatic carbocycles. The van der Waals surface area contributed by atoms with Crippen molar-refractivity contribution in [3.05, 3.63) is 11.9 Å². The molecule has 0 radical (unpaired) electrons. The van der Waals surface area contributed by atoms with Crippen LogP contribution in [0, 0.1) is 5.92 Å². The second-order valence-electron chi connectivity index (χ2n) is 2.64. The molecule has 0 amide bonds. The van der Waals surface area contributed by atoms with Crippen molar-refractivity contribution in [1.29, 1.82) is 0 Å². The molecule has 1 heterocycles. The van der Waals surface area contributed by atoms with Gasteiger partial charge in [0.15, 0.2) is 0 Å². The maximum absolute atomic E-state index is 3.32. The average Bonchev–Trinajstić information content (AvgIpc) is 1.90. The smallest absolute Gasteiger partial charge is 0.0318 e. The number of nitrogens with one attached hydrogen (secondary N) is 2. The largest absolute Gasteiger partial charge is 0.388 e. The lowest BCUT2D eigenvalue weighted by Crippen LogP contribution is -2.32. The molecule has 0 fully saturated rings. The van der Waals surface area contributed by atoms with Crippen LogP contribution < -0.4 is 10.6 Å². The summed E-state index contributed by atoms with van der Waals surface area (Å²) in [6, 6.07) is 0. The SMILES string of the molecule is CC(C)C1=CNCCN1. The van der Waals surface area contributed by atoms with Crippen molar-refractivity contribution >= 4 is 0 Å². The normalized spacial score (nSPS) is 18.3. The zero-order valence-electron chi connectivity index (χ0n) is 6.07. The Balaban J connectivity index is 2.46. The van der Waals surface area contributed by atoms with Crippen LogP contribution in [0.15, 0.2) is 11.9 Å². The molecular formula is C7H14N2. The van der Waals surface area contributed by atoms with Crippen molar-refractivity contribution in [2.75, 3.05) is 13.1 Å². The molecule has 0 saturated carbocycles. The summed E-state index contributed by atoms with van der Waals surface area (Å²) in [6.45, 7) is 6.48. The summed E-state index contributed by atoms with van der Waals surface area (Å²) in [6.07, 6.45) is 2.06. The lowest BCUT2D eigenvalue weighted by atomic mass is 10.1. The Bertz CT molecular complexity index is 116. The van der Waals surface area contributed by atoms with Crippen LogP contribution in [0.1, 0.15) is 13.8 Å². The highest BCUT2D eigenvalue weighted by Crippen LogP contribution is 2.04. The summed E-state index contributed by atoms with van der Waals surface area (Å²) in [5.74, 6) is 0.623. The Kier molecular flexibility index (Phi) is 1.98. The Morgan fingerprint density at radius 3 is 2.56 bits per heavy atom. The molecule has 0 aromatic rings. The van der Waals surface area contributed by atoms with E-state index in [1.807, 2.05) is 0 Å². The first-order chi connectivity index (χ1) is 4.30. The van der Waals surface area contributed by atoms with Crippen molar-refractivity contribution in [3.8, 4) is 0 Å². The van der Waals surface area contributed by atoms with Gasteiger partial charge in [-0.05, 0) is 5.92 Å². The van der Waals surface area contributed by atoms with E-state index in [0.29, 0.717) is 5.92 Å². The third-order valence-corrected chi connectivity index (χ3v) is 1.48. The molecule has 2 nitrogen and oxygen atoms in total. The number of rotatable bonds is 1. The molecule has 9 heavy (non-hydrogen) atoms. The maximum Gasteiger partial charge on any atom is 0.0318 e. The monoisotopic (exact) mass is 126 g/mol. The van der Waals surface area contributed by atoms with E-state index in [1.54, 1.807) is 0 Å². The molecule has 2 heteroatoms. The van der Waals surface area contributed by atoms with E-state index >= 15 is 0 Å². The van der Waals surface area contributed by atoms with Crippen LogP contribution >= 0.6 is 0 Å². The molecule has 1 rings (SSSR count). The highest BCUT2D eigenvalue weighted by molar-refractivity contribution is 5.03. The fraction of sp³-hybridized carbons (Fsp3) is 0.714. The predicted molar refractivity (Wildman–Crippen MR) is 38.9 cm³/mol. The van der Waals surface area contributed by atoms with Gasteiger partial charge in [0.05, 0.1) is 0 Å². The molecule has 0 spiro atoms. The van der Waals surface area contributed by atoms with E-state index in [0.717, 1.165) is 13.1 Å².